The summed E-state index contributed by atoms with van der Waals surface area (Å²) < 4.78 is 4.90. The van der Waals surface area contributed by atoms with Crippen LogP contribution >= 0.6 is 11.6 Å². The number of alkyl halides is 1. The van der Waals surface area contributed by atoms with Gasteiger partial charge >= 0.3 is 0 Å². The lowest BCUT2D eigenvalue weighted by molar-refractivity contribution is -0.0834. The van der Waals surface area contributed by atoms with Crippen molar-refractivity contribution in [2.24, 2.45) is 0 Å². The smallest absolute Gasteiger partial charge is 0.171 e. The molecule has 0 aromatic carbocycles. The molecule has 1 N–H and O–H groups in total. The van der Waals surface area contributed by atoms with Crippen LogP contribution < -0.4 is 0 Å². The second-order valence-electron chi connectivity index (χ2n) is 2.09. The normalized spacial score (nSPS) is 47.6. The van der Waals surface area contributed by atoms with Crippen LogP contribution in [0.15, 0.2) is 0 Å². The molecule has 3 atom stereocenters. The van der Waals surface area contributed by atoms with Gasteiger partial charge in [0.05, 0.1) is 11.5 Å². The van der Waals surface area contributed by atoms with Gasteiger partial charge in [0.2, 0.25) is 0 Å². The van der Waals surface area contributed by atoms with Gasteiger partial charge in [0.1, 0.15) is 0 Å². The van der Waals surface area contributed by atoms with E-state index in [1.807, 2.05) is 6.92 Å². The topological polar surface area (TPSA) is 29.5 Å². The van der Waals surface area contributed by atoms with Gasteiger partial charge in [-0.15, -0.1) is 11.6 Å². The average Bonchev–Trinajstić information content (AvgIpc) is 1.85. The quantitative estimate of drug-likeness (QED) is 0.498. The number of halogens is 1. The molecule has 48 valence electrons. The number of aliphatic hydroxyl groups excluding tert-OH is 1. The van der Waals surface area contributed by atoms with Crippen molar-refractivity contribution in [1.82, 2.24) is 0 Å². The lowest BCUT2D eigenvalue weighted by Crippen LogP contribution is -2.13. The largest absolute Gasteiger partial charge is 0.367 e. The molecular formula is C5H9ClO2. The Labute approximate surface area is 53.4 Å². The van der Waals surface area contributed by atoms with Crippen LogP contribution in [0.3, 0.4) is 0 Å². The maximum Gasteiger partial charge on any atom is 0.171 e. The number of rotatable bonds is 0. The second-order valence-corrected chi connectivity index (χ2v) is 2.65. The zero-order valence-corrected chi connectivity index (χ0v) is 5.43. The van der Waals surface area contributed by atoms with Crippen molar-refractivity contribution in [3.63, 3.8) is 0 Å². The molecule has 1 aliphatic heterocycles. The van der Waals surface area contributed by atoms with Crippen LogP contribution in [0.2, 0.25) is 0 Å². The van der Waals surface area contributed by atoms with E-state index in [-0.39, 0.29) is 11.5 Å². The maximum absolute atomic E-state index is 8.81. The Morgan fingerprint density at radius 3 is 2.50 bits per heavy atom. The minimum Gasteiger partial charge on any atom is -0.367 e. The van der Waals surface area contributed by atoms with E-state index in [0.717, 1.165) is 6.42 Å². The molecule has 0 amide bonds. The molecule has 3 unspecified atom stereocenters. The number of aliphatic hydroxyl groups is 1. The molecule has 2 nitrogen and oxygen atoms in total. The van der Waals surface area contributed by atoms with Gasteiger partial charge in [-0.2, -0.15) is 0 Å². The molecular weight excluding hydrogens is 128 g/mol. The van der Waals surface area contributed by atoms with Crippen molar-refractivity contribution in [1.29, 1.82) is 0 Å². The summed E-state index contributed by atoms with van der Waals surface area (Å²) in [6, 6.07) is 0. The molecule has 3 heteroatoms. The first-order valence-electron chi connectivity index (χ1n) is 2.68. The van der Waals surface area contributed by atoms with Crippen LogP contribution in [0.4, 0.5) is 0 Å². The van der Waals surface area contributed by atoms with Crippen LogP contribution in [0.25, 0.3) is 0 Å². The third-order valence-corrected chi connectivity index (χ3v) is 1.63. The molecule has 1 rings (SSSR count). The van der Waals surface area contributed by atoms with Gasteiger partial charge in [-0.3, -0.25) is 0 Å². The first-order valence-corrected chi connectivity index (χ1v) is 3.11. The lowest BCUT2D eigenvalue weighted by atomic mass is 10.2. The van der Waals surface area contributed by atoms with E-state index in [4.69, 9.17) is 21.4 Å². The molecule has 0 spiro atoms. The number of hydrogen-bond donors (Lipinski definition) is 1. The summed E-state index contributed by atoms with van der Waals surface area (Å²) in [4.78, 5) is 0. The minimum absolute atomic E-state index is 0.118. The Kier molecular flexibility index (Phi) is 1.75. The SMILES string of the molecule is CC1CC(Cl)C(O)O1. The Morgan fingerprint density at radius 1 is 1.75 bits per heavy atom. The van der Waals surface area contributed by atoms with E-state index in [1.165, 1.54) is 0 Å². The fraction of sp³-hybridized carbons (Fsp3) is 1.00. The van der Waals surface area contributed by atoms with Gasteiger partial charge in [0, 0.05) is 0 Å². The van der Waals surface area contributed by atoms with Gasteiger partial charge in [0.15, 0.2) is 6.29 Å². The summed E-state index contributed by atoms with van der Waals surface area (Å²) in [5, 5.41) is 8.61. The number of ether oxygens (including phenoxy) is 1. The zero-order valence-electron chi connectivity index (χ0n) is 4.67. The molecule has 0 aliphatic carbocycles. The summed E-state index contributed by atoms with van der Waals surface area (Å²) >= 11 is 5.58. The van der Waals surface area contributed by atoms with Gasteiger partial charge in [-0.1, -0.05) is 0 Å². The van der Waals surface area contributed by atoms with Crippen molar-refractivity contribution in [2.45, 2.75) is 31.1 Å². The van der Waals surface area contributed by atoms with Gasteiger partial charge in [-0.05, 0) is 13.3 Å². The van der Waals surface area contributed by atoms with Gasteiger partial charge in [0.25, 0.3) is 0 Å². The highest BCUT2D eigenvalue weighted by Gasteiger charge is 2.28. The van der Waals surface area contributed by atoms with Crippen LogP contribution in [0.5, 0.6) is 0 Å². The molecule has 0 saturated carbocycles. The van der Waals surface area contributed by atoms with Crippen molar-refractivity contribution < 1.29 is 9.84 Å². The fourth-order valence-corrected chi connectivity index (χ4v) is 1.12. The third kappa shape index (κ3) is 1.13. The van der Waals surface area contributed by atoms with E-state index in [9.17, 15) is 0 Å². The molecule has 0 aromatic rings. The van der Waals surface area contributed by atoms with Crippen molar-refractivity contribution in [3.05, 3.63) is 0 Å². The third-order valence-electron chi connectivity index (χ3n) is 1.24. The van der Waals surface area contributed by atoms with Gasteiger partial charge < -0.3 is 9.84 Å². The highest BCUT2D eigenvalue weighted by molar-refractivity contribution is 6.21. The van der Waals surface area contributed by atoms with Crippen molar-refractivity contribution in [3.8, 4) is 0 Å². The summed E-state index contributed by atoms with van der Waals surface area (Å²) in [5.41, 5.74) is 0. The molecule has 1 fully saturated rings. The molecule has 1 heterocycles. The van der Waals surface area contributed by atoms with Crippen LogP contribution in [-0.2, 0) is 4.74 Å². The Balaban J connectivity index is 2.39. The standard InChI is InChI=1S/C5H9ClO2/c1-3-2-4(6)5(7)8-3/h3-5,7H,2H2,1H3. The predicted molar refractivity (Wildman–Crippen MR) is 30.8 cm³/mol. The molecule has 0 aromatic heterocycles. The highest BCUT2D eigenvalue weighted by atomic mass is 35.5. The Morgan fingerprint density at radius 2 is 2.38 bits per heavy atom. The van der Waals surface area contributed by atoms with E-state index >= 15 is 0 Å². The Bertz CT molecular complexity index is 76.5. The second kappa shape index (κ2) is 2.21. The van der Waals surface area contributed by atoms with Crippen molar-refractivity contribution >= 4 is 11.6 Å². The van der Waals surface area contributed by atoms with Gasteiger partial charge in [-0.25, -0.2) is 0 Å². The summed E-state index contributed by atoms with van der Waals surface area (Å²) in [6.45, 7) is 1.89. The molecule has 1 aliphatic rings. The maximum atomic E-state index is 8.81. The first-order chi connectivity index (χ1) is 3.70. The first kappa shape index (κ1) is 6.33. The molecule has 0 radical (unpaired) electrons. The minimum atomic E-state index is -0.744. The molecule has 0 bridgehead atoms. The van der Waals surface area contributed by atoms with Crippen LogP contribution in [-0.4, -0.2) is 22.9 Å². The summed E-state index contributed by atoms with van der Waals surface area (Å²) in [7, 11) is 0. The van der Waals surface area contributed by atoms with E-state index in [2.05, 4.69) is 0 Å². The van der Waals surface area contributed by atoms with Crippen molar-refractivity contribution in [2.75, 3.05) is 0 Å². The van der Waals surface area contributed by atoms with E-state index < -0.39 is 6.29 Å². The lowest BCUT2D eigenvalue weighted by Gasteiger charge is -2.02. The average molecular weight is 137 g/mol. The van der Waals surface area contributed by atoms with E-state index in [0.29, 0.717) is 0 Å². The number of hydrogen-bond acceptors (Lipinski definition) is 2. The highest BCUT2D eigenvalue weighted by Crippen LogP contribution is 2.22. The monoisotopic (exact) mass is 136 g/mol. The summed E-state index contributed by atoms with van der Waals surface area (Å²) in [6.07, 6.45) is 0.127. The Hall–Kier alpha value is 0.210. The zero-order chi connectivity index (χ0) is 6.15. The summed E-state index contributed by atoms with van der Waals surface area (Å²) in [5.74, 6) is 0. The molecule has 8 heavy (non-hydrogen) atoms. The fourth-order valence-electron chi connectivity index (χ4n) is 0.812. The predicted octanol–water partition coefficient (Wildman–Crippen LogP) is 0.721. The van der Waals surface area contributed by atoms with E-state index in [1.54, 1.807) is 0 Å². The molecule has 1 saturated heterocycles. The van der Waals surface area contributed by atoms with Crippen LogP contribution in [0.1, 0.15) is 13.3 Å². The van der Waals surface area contributed by atoms with Crippen LogP contribution in [0, 0.1) is 0 Å².